The number of thioether (sulfide) groups is 1. The first-order chi connectivity index (χ1) is 13.4. The summed E-state index contributed by atoms with van der Waals surface area (Å²) in [5.41, 5.74) is 3.04. The molecule has 0 saturated carbocycles. The topological polar surface area (TPSA) is 88.3 Å². The van der Waals surface area contributed by atoms with Crippen molar-refractivity contribution in [3.8, 4) is 11.5 Å². The molecule has 0 spiro atoms. The van der Waals surface area contributed by atoms with Crippen molar-refractivity contribution in [1.29, 1.82) is 0 Å². The van der Waals surface area contributed by atoms with Gasteiger partial charge in [-0.15, -0.1) is 10.2 Å². The van der Waals surface area contributed by atoms with Crippen LogP contribution in [-0.2, 0) is 4.79 Å². The minimum Gasteiger partial charge on any atom is -0.411 e. The van der Waals surface area contributed by atoms with Crippen molar-refractivity contribution in [2.45, 2.75) is 12.1 Å². The number of hydrogen-bond donors (Lipinski definition) is 1. The Hall–Kier alpha value is -3.13. The normalized spacial score (nSPS) is 10.5. The minimum atomic E-state index is -0.227. The van der Waals surface area contributed by atoms with Crippen LogP contribution in [0.2, 0.25) is 0 Å². The summed E-state index contributed by atoms with van der Waals surface area (Å²) in [5, 5.41) is 11.1. The quantitative estimate of drug-likeness (QED) is 0.642. The fourth-order valence-corrected chi connectivity index (χ4v) is 2.96. The Balaban J connectivity index is 1.57. The van der Waals surface area contributed by atoms with Gasteiger partial charge in [-0.25, -0.2) is 0 Å². The molecule has 0 aliphatic heterocycles. The van der Waals surface area contributed by atoms with Gasteiger partial charge in [0, 0.05) is 30.9 Å². The Morgan fingerprint density at radius 3 is 2.57 bits per heavy atom. The fourth-order valence-electron chi connectivity index (χ4n) is 2.39. The highest BCUT2D eigenvalue weighted by Crippen LogP contribution is 2.23. The molecular weight excluding hydrogens is 376 g/mol. The van der Waals surface area contributed by atoms with Crippen LogP contribution in [0.5, 0.6) is 0 Å². The van der Waals surface area contributed by atoms with Crippen molar-refractivity contribution in [3.05, 3.63) is 59.7 Å². The van der Waals surface area contributed by atoms with Crippen molar-refractivity contribution < 1.29 is 14.0 Å². The largest absolute Gasteiger partial charge is 0.411 e. The van der Waals surface area contributed by atoms with Crippen LogP contribution in [0.1, 0.15) is 15.9 Å². The van der Waals surface area contributed by atoms with Gasteiger partial charge in [0.05, 0.1) is 5.75 Å². The molecule has 0 atom stereocenters. The van der Waals surface area contributed by atoms with Gasteiger partial charge >= 0.3 is 0 Å². The Morgan fingerprint density at radius 2 is 1.86 bits per heavy atom. The van der Waals surface area contributed by atoms with Gasteiger partial charge in [-0.2, -0.15) is 0 Å². The molecule has 144 valence electrons. The summed E-state index contributed by atoms with van der Waals surface area (Å²) in [6.45, 7) is 2.00. The van der Waals surface area contributed by atoms with Gasteiger partial charge in [0.25, 0.3) is 11.1 Å². The van der Waals surface area contributed by atoms with Gasteiger partial charge in [0.1, 0.15) is 0 Å². The van der Waals surface area contributed by atoms with E-state index in [1.165, 1.54) is 4.90 Å². The van der Waals surface area contributed by atoms with Crippen molar-refractivity contribution in [2.24, 2.45) is 0 Å². The zero-order valence-corrected chi connectivity index (χ0v) is 16.6. The lowest BCUT2D eigenvalue weighted by atomic mass is 10.1. The fraction of sp³-hybridized carbons (Fsp3) is 0.200. The first-order valence-electron chi connectivity index (χ1n) is 8.57. The number of carbonyl (C=O) groups excluding carboxylic acids is 2. The summed E-state index contributed by atoms with van der Waals surface area (Å²) in [5.74, 6) is 0.175. The van der Waals surface area contributed by atoms with E-state index in [1.54, 1.807) is 38.4 Å². The van der Waals surface area contributed by atoms with Crippen LogP contribution in [0.15, 0.2) is 58.2 Å². The van der Waals surface area contributed by atoms with Gasteiger partial charge in [0.15, 0.2) is 0 Å². The third-order valence-corrected chi connectivity index (χ3v) is 4.65. The highest BCUT2D eigenvalue weighted by Gasteiger charge is 2.13. The van der Waals surface area contributed by atoms with Crippen LogP contribution in [0.3, 0.4) is 0 Å². The van der Waals surface area contributed by atoms with Gasteiger partial charge < -0.3 is 14.6 Å². The molecule has 7 nitrogen and oxygen atoms in total. The monoisotopic (exact) mass is 396 g/mol. The lowest BCUT2D eigenvalue weighted by molar-refractivity contribution is -0.113. The SMILES string of the molecule is Cc1ccc(-c2nnc(SCC(=O)Nc3cccc(C(=O)N(C)C)c3)o2)cc1. The van der Waals surface area contributed by atoms with E-state index in [0.29, 0.717) is 22.4 Å². The van der Waals surface area contributed by atoms with Crippen LogP contribution < -0.4 is 5.32 Å². The molecule has 2 aromatic carbocycles. The van der Waals surface area contributed by atoms with E-state index in [4.69, 9.17) is 4.42 Å². The maximum Gasteiger partial charge on any atom is 0.277 e. The summed E-state index contributed by atoms with van der Waals surface area (Å²) < 4.78 is 5.60. The maximum absolute atomic E-state index is 12.2. The Kier molecular flexibility index (Phi) is 6.10. The third-order valence-electron chi connectivity index (χ3n) is 3.83. The minimum absolute atomic E-state index is 0.112. The third kappa shape index (κ3) is 4.98. The Morgan fingerprint density at radius 1 is 1.11 bits per heavy atom. The van der Waals surface area contributed by atoms with Crippen molar-refractivity contribution in [1.82, 2.24) is 15.1 Å². The molecule has 1 aromatic heterocycles. The molecule has 3 rings (SSSR count). The van der Waals surface area contributed by atoms with Gasteiger partial charge in [-0.3, -0.25) is 9.59 Å². The highest BCUT2D eigenvalue weighted by molar-refractivity contribution is 7.99. The molecular formula is C20H20N4O3S. The maximum atomic E-state index is 12.2. The first-order valence-corrected chi connectivity index (χ1v) is 9.56. The predicted octanol–water partition coefficient (Wildman–Crippen LogP) is 3.48. The summed E-state index contributed by atoms with van der Waals surface area (Å²) in [7, 11) is 3.36. The van der Waals surface area contributed by atoms with E-state index in [2.05, 4.69) is 15.5 Å². The Labute approximate surface area is 167 Å². The van der Waals surface area contributed by atoms with E-state index < -0.39 is 0 Å². The second-order valence-electron chi connectivity index (χ2n) is 6.36. The molecule has 0 unspecified atom stereocenters. The molecule has 2 amide bonds. The second-order valence-corrected chi connectivity index (χ2v) is 7.28. The van der Waals surface area contributed by atoms with Crippen molar-refractivity contribution >= 4 is 29.3 Å². The van der Waals surface area contributed by atoms with Gasteiger partial charge in [-0.1, -0.05) is 35.5 Å². The van der Waals surface area contributed by atoms with Gasteiger partial charge in [-0.05, 0) is 37.3 Å². The van der Waals surface area contributed by atoms with Crippen LogP contribution in [0.25, 0.3) is 11.5 Å². The van der Waals surface area contributed by atoms with E-state index in [0.717, 1.165) is 22.9 Å². The molecule has 3 aromatic rings. The lowest BCUT2D eigenvalue weighted by Gasteiger charge is -2.11. The standard InChI is InChI=1S/C20H20N4O3S/c1-13-7-9-14(10-8-13)18-22-23-20(27-18)28-12-17(25)21-16-6-4-5-15(11-16)19(26)24(2)3/h4-11H,12H2,1-3H3,(H,21,25). The number of benzene rings is 2. The number of aromatic nitrogens is 2. The van der Waals surface area contributed by atoms with Crippen LogP contribution >= 0.6 is 11.8 Å². The molecule has 28 heavy (non-hydrogen) atoms. The van der Waals surface area contributed by atoms with Crippen molar-refractivity contribution in [3.63, 3.8) is 0 Å². The summed E-state index contributed by atoms with van der Waals surface area (Å²) in [6.07, 6.45) is 0. The molecule has 0 fully saturated rings. The molecule has 0 bridgehead atoms. The van der Waals surface area contributed by atoms with E-state index in [9.17, 15) is 9.59 Å². The molecule has 8 heteroatoms. The Bertz CT molecular complexity index is 983. The first kappa shape index (κ1) is 19.6. The molecule has 0 aliphatic rings. The second kappa shape index (κ2) is 8.71. The van der Waals surface area contributed by atoms with Crippen LogP contribution in [0.4, 0.5) is 5.69 Å². The zero-order chi connectivity index (χ0) is 20.1. The number of carbonyl (C=O) groups is 2. The van der Waals surface area contributed by atoms with Crippen LogP contribution in [-0.4, -0.2) is 46.8 Å². The molecule has 0 aliphatic carbocycles. The van der Waals surface area contributed by atoms with Crippen molar-refractivity contribution in [2.75, 3.05) is 25.2 Å². The average Bonchev–Trinajstić information content (AvgIpc) is 3.15. The molecule has 1 heterocycles. The predicted molar refractivity (Wildman–Crippen MR) is 108 cm³/mol. The zero-order valence-electron chi connectivity index (χ0n) is 15.8. The number of anilines is 1. The molecule has 0 saturated heterocycles. The smallest absolute Gasteiger partial charge is 0.277 e. The number of aryl methyl sites for hydroxylation is 1. The molecule has 0 radical (unpaired) electrons. The van der Waals surface area contributed by atoms with E-state index in [1.807, 2.05) is 31.2 Å². The molecule has 1 N–H and O–H groups in total. The summed E-state index contributed by atoms with van der Waals surface area (Å²) in [4.78, 5) is 25.7. The van der Waals surface area contributed by atoms with Crippen LogP contribution in [0, 0.1) is 6.92 Å². The number of amides is 2. The van der Waals surface area contributed by atoms with E-state index >= 15 is 0 Å². The number of rotatable bonds is 6. The number of hydrogen-bond acceptors (Lipinski definition) is 6. The highest BCUT2D eigenvalue weighted by atomic mass is 32.2. The lowest BCUT2D eigenvalue weighted by Crippen LogP contribution is -2.22. The summed E-state index contributed by atoms with van der Waals surface area (Å²) >= 11 is 1.15. The summed E-state index contributed by atoms with van der Waals surface area (Å²) in [6, 6.07) is 14.6. The average molecular weight is 396 g/mol. The number of nitrogens with one attached hydrogen (secondary N) is 1. The van der Waals surface area contributed by atoms with E-state index in [-0.39, 0.29) is 17.6 Å². The van der Waals surface area contributed by atoms with Gasteiger partial charge in [0.2, 0.25) is 11.8 Å². The number of nitrogens with zero attached hydrogens (tertiary/aromatic N) is 3.